The number of benzene rings is 1. The number of rotatable bonds is 3. The molecule has 0 spiro atoms. The molecule has 0 aliphatic rings. The first-order chi connectivity index (χ1) is 6.81. The standard InChI is InChI=1S/C9H14N2O4/c10-6-3-1-2-5(8(6)11)7(12)4-9(13,14)15/h1-3,7,12-15H,4,10-11H2. The Morgan fingerprint density at radius 2 is 1.80 bits per heavy atom. The number of para-hydroxylation sites is 1. The third-order valence-electron chi connectivity index (χ3n) is 2.00. The van der Waals surface area contributed by atoms with Crippen LogP contribution in [0.15, 0.2) is 18.2 Å². The zero-order valence-electron chi connectivity index (χ0n) is 7.96. The van der Waals surface area contributed by atoms with Gasteiger partial charge in [0.2, 0.25) is 0 Å². The van der Waals surface area contributed by atoms with Crippen molar-refractivity contribution in [3.63, 3.8) is 0 Å². The van der Waals surface area contributed by atoms with Crippen LogP contribution in [0.1, 0.15) is 18.1 Å². The number of nitrogen functional groups attached to an aromatic ring is 2. The molecule has 0 aromatic heterocycles. The first-order valence-electron chi connectivity index (χ1n) is 4.30. The van der Waals surface area contributed by atoms with Gasteiger partial charge in [0.05, 0.1) is 23.9 Å². The molecule has 0 heterocycles. The van der Waals surface area contributed by atoms with Crippen molar-refractivity contribution in [2.75, 3.05) is 11.5 Å². The van der Waals surface area contributed by atoms with E-state index < -0.39 is 18.5 Å². The maximum atomic E-state index is 9.55. The highest BCUT2D eigenvalue weighted by atomic mass is 16.7. The Kier molecular flexibility index (Phi) is 3.15. The fraction of sp³-hybridized carbons (Fsp3) is 0.333. The predicted molar refractivity (Wildman–Crippen MR) is 54.2 cm³/mol. The van der Waals surface area contributed by atoms with Gasteiger partial charge in [-0.2, -0.15) is 0 Å². The highest BCUT2D eigenvalue weighted by Gasteiger charge is 2.25. The van der Waals surface area contributed by atoms with Crippen LogP contribution in [0.2, 0.25) is 0 Å². The first-order valence-corrected chi connectivity index (χ1v) is 4.30. The normalized spacial score (nSPS) is 13.9. The third kappa shape index (κ3) is 3.07. The van der Waals surface area contributed by atoms with Crippen LogP contribution in [0.5, 0.6) is 0 Å². The zero-order chi connectivity index (χ0) is 11.6. The first kappa shape index (κ1) is 11.7. The minimum Gasteiger partial charge on any atom is -0.397 e. The van der Waals surface area contributed by atoms with Crippen molar-refractivity contribution in [3.8, 4) is 0 Å². The van der Waals surface area contributed by atoms with Crippen LogP contribution in [-0.4, -0.2) is 26.4 Å². The summed E-state index contributed by atoms with van der Waals surface area (Å²) < 4.78 is 0. The van der Waals surface area contributed by atoms with Gasteiger partial charge in [-0.15, -0.1) is 0 Å². The molecule has 0 bridgehead atoms. The van der Waals surface area contributed by atoms with E-state index in [9.17, 15) is 5.11 Å². The molecule has 1 unspecified atom stereocenters. The van der Waals surface area contributed by atoms with Gasteiger partial charge in [0.1, 0.15) is 0 Å². The Labute approximate surface area is 86.4 Å². The molecule has 0 aliphatic carbocycles. The van der Waals surface area contributed by atoms with Gasteiger partial charge in [-0.05, 0) is 6.07 Å². The lowest BCUT2D eigenvalue weighted by Crippen LogP contribution is -2.29. The Hall–Kier alpha value is -1.34. The minimum atomic E-state index is -2.93. The smallest absolute Gasteiger partial charge is 0.278 e. The quantitative estimate of drug-likeness (QED) is 0.279. The number of nitrogens with two attached hydrogens (primary N) is 2. The molecular weight excluding hydrogens is 200 g/mol. The van der Waals surface area contributed by atoms with Gasteiger partial charge < -0.3 is 31.9 Å². The molecule has 0 radical (unpaired) electrons. The molecule has 1 rings (SSSR count). The summed E-state index contributed by atoms with van der Waals surface area (Å²) in [4.78, 5) is 0. The van der Waals surface area contributed by atoms with E-state index >= 15 is 0 Å². The van der Waals surface area contributed by atoms with E-state index in [4.69, 9.17) is 26.8 Å². The number of hydrogen-bond acceptors (Lipinski definition) is 6. The van der Waals surface area contributed by atoms with E-state index in [0.29, 0.717) is 0 Å². The average Bonchev–Trinajstić information content (AvgIpc) is 2.06. The summed E-state index contributed by atoms with van der Waals surface area (Å²) >= 11 is 0. The minimum absolute atomic E-state index is 0.161. The highest BCUT2D eigenvalue weighted by Crippen LogP contribution is 2.29. The van der Waals surface area contributed by atoms with Crippen molar-refractivity contribution in [3.05, 3.63) is 23.8 Å². The van der Waals surface area contributed by atoms with Crippen LogP contribution in [0, 0.1) is 0 Å². The Balaban J connectivity index is 2.92. The number of aliphatic hydroxyl groups excluding tert-OH is 1. The zero-order valence-corrected chi connectivity index (χ0v) is 7.96. The second-order valence-corrected chi connectivity index (χ2v) is 3.34. The van der Waals surface area contributed by atoms with Crippen LogP contribution in [0.3, 0.4) is 0 Å². The van der Waals surface area contributed by atoms with E-state index in [1.165, 1.54) is 6.07 Å². The number of anilines is 2. The molecule has 0 saturated carbocycles. The summed E-state index contributed by atoms with van der Waals surface area (Å²) in [5.74, 6) is -2.93. The van der Waals surface area contributed by atoms with Crippen LogP contribution in [0.25, 0.3) is 0 Å². The summed E-state index contributed by atoms with van der Waals surface area (Å²) in [6, 6.07) is 4.61. The van der Waals surface area contributed by atoms with Gasteiger partial charge in [0.15, 0.2) is 0 Å². The lowest BCUT2D eigenvalue weighted by Gasteiger charge is -2.20. The maximum absolute atomic E-state index is 9.55. The molecule has 15 heavy (non-hydrogen) atoms. The molecular formula is C9H14N2O4. The van der Waals surface area contributed by atoms with Crippen molar-refractivity contribution in [1.82, 2.24) is 0 Å². The Morgan fingerprint density at radius 3 is 2.33 bits per heavy atom. The summed E-state index contributed by atoms with van der Waals surface area (Å²) in [5.41, 5.74) is 11.8. The lowest BCUT2D eigenvalue weighted by molar-refractivity contribution is -0.323. The Bertz CT molecular complexity index is 348. The molecule has 6 heteroatoms. The van der Waals surface area contributed by atoms with Crippen molar-refractivity contribution in [1.29, 1.82) is 0 Å². The Morgan fingerprint density at radius 1 is 1.20 bits per heavy atom. The molecule has 1 aromatic rings. The van der Waals surface area contributed by atoms with Gasteiger partial charge in [-0.25, -0.2) is 0 Å². The monoisotopic (exact) mass is 214 g/mol. The second kappa shape index (κ2) is 4.03. The van der Waals surface area contributed by atoms with Crippen LogP contribution < -0.4 is 11.5 Å². The number of hydrogen-bond donors (Lipinski definition) is 6. The van der Waals surface area contributed by atoms with Crippen molar-refractivity contribution in [2.45, 2.75) is 18.5 Å². The van der Waals surface area contributed by atoms with E-state index in [1.54, 1.807) is 12.1 Å². The van der Waals surface area contributed by atoms with Crippen LogP contribution >= 0.6 is 0 Å². The fourth-order valence-corrected chi connectivity index (χ4v) is 1.26. The predicted octanol–water partition coefficient (Wildman–Crippen LogP) is -1.09. The van der Waals surface area contributed by atoms with Crippen molar-refractivity contribution in [2.24, 2.45) is 0 Å². The topological polar surface area (TPSA) is 133 Å². The molecule has 0 aliphatic heterocycles. The van der Waals surface area contributed by atoms with Crippen LogP contribution in [-0.2, 0) is 0 Å². The summed E-state index contributed by atoms with van der Waals surface area (Å²) in [6.45, 7) is 0. The molecule has 8 N–H and O–H groups in total. The second-order valence-electron chi connectivity index (χ2n) is 3.34. The molecule has 0 saturated heterocycles. The van der Waals surface area contributed by atoms with Crippen molar-refractivity contribution < 1.29 is 20.4 Å². The van der Waals surface area contributed by atoms with Gasteiger partial charge in [-0.3, -0.25) is 0 Å². The van der Waals surface area contributed by atoms with E-state index in [1.807, 2.05) is 0 Å². The van der Waals surface area contributed by atoms with Gasteiger partial charge in [0.25, 0.3) is 5.97 Å². The van der Waals surface area contributed by atoms with E-state index in [0.717, 1.165) is 0 Å². The summed E-state index contributed by atoms with van der Waals surface area (Å²) in [7, 11) is 0. The molecule has 84 valence electrons. The SMILES string of the molecule is Nc1cccc(C(O)CC(O)(O)O)c1N. The number of aliphatic hydroxyl groups is 4. The largest absolute Gasteiger partial charge is 0.397 e. The van der Waals surface area contributed by atoms with Gasteiger partial charge >= 0.3 is 0 Å². The lowest BCUT2D eigenvalue weighted by atomic mass is 10.0. The summed E-state index contributed by atoms with van der Waals surface area (Å²) in [5, 5.41) is 35.6. The average molecular weight is 214 g/mol. The van der Waals surface area contributed by atoms with Gasteiger partial charge in [-0.1, -0.05) is 12.1 Å². The third-order valence-corrected chi connectivity index (χ3v) is 2.00. The van der Waals surface area contributed by atoms with E-state index in [2.05, 4.69) is 0 Å². The van der Waals surface area contributed by atoms with Gasteiger partial charge in [0, 0.05) is 5.56 Å². The maximum Gasteiger partial charge on any atom is 0.278 e. The molecule has 0 amide bonds. The van der Waals surface area contributed by atoms with Crippen LogP contribution in [0.4, 0.5) is 11.4 Å². The molecule has 1 atom stereocenters. The molecule has 1 aromatic carbocycles. The fourth-order valence-electron chi connectivity index (χ4n) is 1.26. The highest BCUT2D eigenvalue weighted by molar-refractivity contribution is 5.67. The summed E-state index contributed by atoms with van der Waals surface area (Å²) in [6.07, 6.45) is -1.96. The van der Waals surface area contributed by atoms with Crippen molar-refractivity contribution >= 4 is 11.4 Å². The molecule has 0 fully saturated rings. The van der Waals surface area contributed by atoms with E-state index in [-0.39, 0.29) is 16.9 Å². The molecule has 6 nitrogen and oxygen atoms in total.